The fourth-order valence-electron chi connectivity index (χ4n) is 3.80. The highest BCUT2D eigenvalue weighted by Gasteiger charge is 2.39. The van der Waals surface area contributed by atoms with Crippen LogP contribution in [-0.4, -0.2) is 5.11 Å². The van der Waals surface area contributed by atoms with Crippen molar-refractivity contribution in [2.45, 2.75) is 57.0 Å². The highest BCUT2D eigenvalue weighted by atomic mass is 19.1. The van der Waals surface area contributed by atoms with E-state index in [1.54, 1.807) is 6.07 Å². The first-order valence-electron chi connectivity index (χ1n) is 7.19. The second kappa shape index (κ2) is 4.65. The van der Waals surface area contributed by atoms with Crippen molar-refractivity contribution in [2.75, 3.05) is 0 Å². The number of halogens is 1. The van der Waals surface area contributed by atoms with Crippen LogP contribution in [-0.2, 0) is 12.0 Å². The highest BCUT2D eigenvalue weighted by molar-refractivity contribution is 5.38. The summed E-state index contributed by atoms with van der Waals surface area (Å²) in [5.41, 5.74) is 0.836. The molecule has 1 N–H and O–H groups in total. The van der Waals surface area contributed by atoms with E-state index in [1.165, 1.54) is 38.2 Å². The van der Waals surface area contributed by atoms with Gasteiger partial charge < -0.3 is 5.11 Å². The number of aliphatic hydroxyl groups is 1. The fourth-order valence-corrected chi connectivity index (χ4v) is 3.80. The molecule has 2 aliphatic rings. The molecule has 3 rings (SSSR count). The Kier molecular flexibility index (Phi) is 3.14. The molecular formula is C16H21FO. The van der Waals surface area contributed by atoms with E-state index >= 15 is 0 Å². The largest absolute Gasteiger partial charge is 0.385 e. The van der Waals surface area contributed by atoms with Crippen molar-refractivity contribution in [3.63, 3.8) is 0 Å². The minimum absolute atomic E-state index is 0.146. The Morgan fingerprint density at radius 2 is 2.00 bits per heavy atom. The number of rotatable bonds is 2. The lowest BCUT2D eigenvalue weighted by Gasteiger charge is -2.31. The number of benzene rings is 1. The predicted molar refractivity (Wildman–Crippen MR) is 69.8 cm³/mol. The summed E-state index contributed by atoms with van der Waals surface area (Å²) in [6, 6.07) is 5.14. The Hall–Kier alpha value is -0.890. The number of fused-ring (bicyclic) bond motifs is 1. The van der Waals surface area contributed by atoms with Gasteiger partial charge in [0, 0.05) is 0 Å². The lowest BCUT2D eigenvalue weighted by Crippen LogP contribution is -2.27. The Bertz CT molecular complexity index is 437. The van der Waals surface area contributed by atoms with Crippen LogP contribution in [0.2, 0.25) is 0 Å². The molecule has 1 saturated carbocycles. The third-order valence-corrected chi connectivity index (χ3v) is 4.76. The standard InChI is InChI=1S/C16H21FO/c17-15-8-4-7-14-13(15)9-10-16(14,18)11-12-5-2-1-3-6-12/h4,7-8,12,18H,1-3,5-6,9-11H2. The molecule has 0 bridgehead atoms. The quantitative estimate of drug-likeness (QED) is 0.840. The summed E-state index contributed by atoms with van der Waals surface area (Å²) >= 11 is 0. The van der Waals surface area contributed by atoms with Gasteiger partial charge in [-0.05, 0) is 42.4 Å². The maximum absolute atomic E-state index is 13.7. The van der Waals surface area contributed by atoms with Gasteiger partial charge in [0.25, 0.3) is 0 Å². The van der Waals surface area contributed by atoms with Crippen LogP contribution in [0.3, 0.4) is 0 Å². The van der Waals surface area contributed by atoms with Gasteiger partial charge in [-0.25, -0.2) is 4.39 Å². The van der Waals surface area contributed by atoms with Crippen molar-refractivity contribution < 1.29 is 9.50 Å². The number of hydrogen-bond donors (Lipinski definition) is 1. The monoisotopic (exact) mass is 248 g/mol. The van der Waals surface area contributed by atoms with Gasteiger partial charge in [-0.2, -0.15) is 0 Å². The molecular weight excluding hydrogens is 227 g/mol. The molecule has 1 nitrogen and oxygen atoms in total. The van der Waals surface area contributed by atoms with E-state index in [-0.39, 0.29) is 5.82 Å². The first-order valence-corrected chi connectivity index (χ1v) is 7.19. The van der Waals surface area contributed by atoms with Crippen molar-refractivity contribution >= 4 is 0 Å². The molecule has 0 aromatic heterocycles. The zero-order valence-corrected chi connectivity index (χ0v) is 10.8. The first-order chi connectivity index (χ1) is 8.69. The third kappa shape index (κ3) is 2.07. The van der Waals surface area contributed by atoms with Gasteiger partial charge in [-0.1, -0.05) is 44.2 Å². The molecule has 1 atom stereocenters. The SMILES string of the molecule is OC1(CC2CCCCC2)CCc2c(F)cccc21. The van der Waals surface area contributed by atoms with Crippen LogP contribution < -0.4 is 0 Å². The zero-order chi connectivity index (χ0) is 12.6. The summed E-state index contributed by atoms with van der Waals surface area (Å²) in [6.07, 6.45) is 8.57. The first kappa shape index (κ1) is 12.2. The van der Waals surface area contributed by atoms with Gasteiger partial charge in [0.1, 0.15) is 5.82 Å². The lowest BCUT2D eigenvalue weighted by atomic mass is 9.79. The van der Waals surface area contributed by atoms with E-state index in [0.29, 0.717) is 18.8 Å². The van der Waals surface area contributed by atoms with E-state index in [1.807, 2.05) is 6.07 Å². The van der Waals surface area contributed by atoms with Crippen LogP contribution in [0.4, 0.5) is 4.39 Å². The molecule has 1 fully saturated rings. The Balaban J connectivity index is 1.82. The van der Waals surface area contributed by atoms with Crippen molar-refractivity contribution in [3.05, 3.63) is 35.1 Å². The Labute approximate surface area is 108 Å². The van der Waals surface area contributed by atoms with Crippen LogP contribution in [0.1, 0.15) is 56.1 Å². The van der Waals surface area contributed by atoms with Crippen molar-refractivity contribution in [2.24, 2.45) is 5.92 Å². The molecule has 0 amide bonds. The van der Waals surface area contributed by atoms with Gasteiger partial charge in [-0.3, -0.25) is 0 Å². The topological polar surface area (TPSA) is 20.2 Å². The second-order valence-corrected chi connectivity index (χ2v) is 6.01. The van der Waals surface area contributed by atoms with Crippen LogP contribution >= 0.6 is 0 Å². The van der Waals surface area contributed by atoms with E-state index in [9.17, 15) is 9.50 Å². The zero-order valence-electron chi connectivity index (χ0n) is 10.8. The van der Waals surface area contributed by atoms with Crippen molar-refractivity contribution in [1.29, 1.82) is 0 Å². The van der Waals surface area contributed by atoms with Gasteiger partial charge in [0.2, 0.25) is 0 Å². The molecule has 2 aliphatic carbocycles. The van der Waals surface area contributed by atoms with Gasteiger partial charge in [0.05, 0.1) is 5.60 Å². The normalized spacial score (nSPS) is 28.3. The Morgan fingerprint density at radius 1 is 1.22 bits per heavy atom. The van der Waals surface area contributed by atoms with Crippen LogP contribution in [0, 0.1) is 11.7 Å². The minimum atomic E-state index is -0.764. The summed E-state index contributed by atoms with van der Waals surface area (Å²) in [6.45, 7) is 0. The maximum atomic E-state index is 13.7. The number of hydrogen-bond acceptors (Lipinski definition) is 1. The van der Waals surface area contributed by atoms with Crippen LogP contribution in [0.25, 0.3) is 0 Å². The molecule has 1 aromatic rings. The maximum Gasteiger partial charge on any atom is 0.126 e. The Morgan fingerprint density at radius 3 is 2.78 bits per heavy atom. The smallest absolute Gasteiger partial charge is 0.126 e. The van der Waals surface area contributed by atoms with Crippen LogP contribution in [0.15, 0.2) is 18.2 Å². The molecule has 2 heteroatoms. The molecule has 98 valence electrons. The van der Waals surface area contributed by atoms with Gasteiger partial charge in [-0.15, -0.1) is 0 Å². The second-order valence-electron chi connectivity index (χ2n) is 6.01. The molecule has 0 saturated heterocycles. The minimum Gasteiger partial charge on any atom is -0.385 e. The van der Waals surface area contributed by atoms with Gasteiger partial charge in [0.15, 0.2) is 0 Å². The summed E-state index contributed by atoms with van der Waals surface area (Å²) in [5.74, 6) is 0.477. The highest BCUT2D eigenvalue weighted by Crippen LogP contribution is 2.44. The van der Waals surface area contributed by atoms with Crippen molar-refractivity contribution in [3.8, 4) is 0 Å². The van der Waals surface area contributed by atoms with E-state index in [2.05, 4.69) is 0 Å². The average Bonchev–Trinajstić information content (AvgIpc) is 2.70. The molecule has 0 radical (unpaired) electrons. The van der Waals surface area contributed by atoms with E-state index in [0.717, 1.165) is 17.5 Å². The summed E-state index contributed by atoms with van der Waals surface area (Å²) in [5, 5.41) is 10.9. The molecule has 0 spiro atoms. The molecule has 1 aromatic carbocycles. The van der Waals surface area contributed by atoms with Gasteiger partial charge >= 0.3 is 0 Å². The average molecular weight is 248 g/mol. The molecule has 1 unspecified atom stereocenters. The fraction of sp³-hybridized carbons (Fsp3) is 0.625. The summed E-state index contributed by atoms with van der Waals surface area (Å²) in [7, 11) is 0. The third-order valence-electron chi connectivity index (χ3n) is 4.76. The molecule has 0 heterocycles. The molecule has 18 heavy (non-hydrogen) atoms. The lowest BCUT2D eigenvalue weighted by molar-refractivity contribution is 0.00720. The van der Waals surface area contributed by atoms with Crippen molar-refractivity contribution in [1.82, 2.24) is 0 Å². The predicted octanol–water partition coefficient (Wildman–Crippen LogP) is 3.93. The van der Waals surface area contributed by atoms with Crippen LogP contribution in [0.5, 0.6) is 0 Å². The summed E-state index contributed by atoms with van der Waals surface area (Å²) in [4.78, 5) is 0. The summed E-state index contributed by atoms with van der Waals surface area (Å²) < 4.78 is 13.7. The van der Waals surface area contributed by atoms with E-state index in [4.69, 9.17) is 0 Å². The molecule has 0 aliphatic heterocycles. The van der Waals surface area contributed by atoms with E-state index < -0.39 is 5.60 Å².